The number of rotatable bonds is 6. The van der Waals surface area contributed by atoms with Crippen LogP contribution in [-0.2, 0) is 10.0 Å². The number of hydrogen-bond acceptors (Lipinski definition) is 5. The molecule has 3 unspecified atom stereocenters. The van der Waals surface area contributed by atoms with Gasteiger partial charge in [0.15, 0.2) is 0 Å². The molecule has 8 heteroatoms. The number of anilines is 2. The lowest BCUT2D eigenvalue weighted by molar-refractivity contribution is -0.384. The molecule has 2 aliphatic rings. The third-order valence-electron chi connectivity index (χ3n) is 6.72. The topological polar surface area (TPSA) is 92.5 Å². The van der Waals surface area contributed by atoms with Gasteiger partial charge < -0.3 is 5.32 Å². The van der Waals surface area contributed by atoms with Crippen molar-refractivity contribution >= 4 is 27.1 Å². The van der Waals surface area contributed by atoms with Crippen LogP contribution in [-0.4, -0.2) is 19.9 Å². The van der Waals surface area contributed by atoms with Crippen LogP contribution < -0.4 is 9.62 Å². The van der Waals surface area contributed by atoms with E-state index in [9.17, 15) is 18.5 Å². The van der Waals surface area contributed by atoms with E-state index in [0.29, 0.717) is 12.2 Å². The highest BCUT2D eigenvalue weighted by molar-refractivity contribution is 7.92. The molecule has 0 spiro atoms. The standard InChI is InChI=1S/C26H25N3O4S/c1-2-28(19-7-4-3-5-8-19)34(32,33)21-15-16-25-24(17-21)22-9-6-10-23(22)26(27-25)18-11-13-20(14-12-18)29(30)31/h3-9,11-17,22-23,26-27H,2,10H2,1H3. The minimum atomic E-state index is -3.73. The van der Waals surface area contributed by atoms with Crippen LogP contribution in [0.3, 0.4) is 0 Å². The third kappa shape index (κ3) is 3.74. The SMILES string of the molecule is CCN(c1ccccc1)S(=O)(=O)c1ccc2c(c1)C1C=CCC1C(c1ccc([N+](=O)[O-])cc1)N2. The molecular weight excluding hydrogens is 450 g/mol. The monoisotopic (exact) mass is 475 g/mol. The molecule has 1 heterocycles. The van der Waals surface area contributed by atoms with E-state index in [0.717, 1.165) is 23.2 Å². The second-order valence-corrected chi connectivity index (χ2v) is 10.4. The summed E-state index contributed by atoms with van der Waals surface area (Å²) in [5.41, 5.74) is 3.53. The highest BCUT2D eigenvalue weighted by Crippen LogP contribution is 2.50. The average Bonchev–Trinajstić information content (AvgIpc) is 3.35. The first-order valence-electron chi connectivity index (χ1n) is 11.3. The van der Waals surface area contributed by atoms with Gasteiger partial charge >= 0.3 is 0 Å². The summed E-state index contributed by atoms with van der Waals surface area (Å²) in [5, 5.41) is 14.6. The average molecular weight is 476 g/mol. The van der Waals surface area contributed by atoms with Gasteiger partial charge in [-0.05, 0) is 60.7 Å². The normalized spacial score (nSPS) is 20.8. The molecule has 0 saturated carbocycles. The number of sulfonamides is 1. The van der Waals surface area contributed by atoms with Gasteiger partial charge in [-0.25, -0.2) is 8.42 Å². The van der Waals surface area contributed by atoms with Crippen molar-refractivity contribution in [1.29, 1.82) is 0 Å². The van der Waals surface area contributed by atoms with E-state index in [1.54, 1.807) is 36.4 Å². The first-order chi connectivity index (χ1) is 16.4. The summed E-state index contributed by atoms with van der Waals surface area (Å²) < 4.78 is 28.5. The number of hydrogen-bond donors (Lipinski definition) is 1. The summed E-state index contributed by atoms with van der Waals surface area (Å²) in [7, 11) is -3.73. The van der Waals surface area contributed by atoms with Crippen molar-refractivity contribution in [3.63, 3.8) is 0 Å². The molecule has 34 heavy (non-hydrogen) atoms. The Kier molecular flexibility index (Phi) is 5.61. The van der Waals surface area contributed by atoms with Crippen molar-refractivity contribution in [2.45, 2.75) is 30.2 Å². The van der Waals surface area contributed by atoms with Crippen molar-refractivity contribution < 1.29 is 13.3 Å². The van der Waals surface area contributed by atoms with E-state index in [2.05, 4.69) is 17.5 Å². The molecule has 0 amide bonds. The molecule has 0 bridgehead atoms. The molecule has 3 aromatic rings. The largest absolute Gasteiger partial charge is 0.378 e. The number of nitro benzene ring substituents is 1. The Bertz CT molecular complexity index is 1350. The Morgan fingerprint density at radius 1 is 1.06 bits per heavy atom. The van der Waals surface area contributed by atoms with Crippen LogP contribution in [0, 0.1) is 16.0 Å². The second kappa shape index (κ2) is 8.61. The molecule has 1 aliphatic heterocycles. The molecular formula is C26H25N3O4S. The van der Waals surface area contributed by atoms with E-state index in [1.165, 1.54) is 16.4 Å². The molecule has 0 fully saturated rings. The van der Waals surface area contributed by atoms with Gasteiger partial charge in [0.05, 0.1) is 21.5 Å². The molecule has 5 rings (SSSR count). The van der Waals surface area contributed by atoms with E-state index in [4.69, 9.17) is 0 Å². The van der Waals surface area contributed by atoms with Crippen LogP contribution >= 0.6 is 0 Å². The minimum Gasteiger partial charge on any atom is -0.378 e. The number of allylic oxidation sites excluding steroid dienone is 2. The van der Waals surface area contributed by atoms with Gasteiger partial charge in [0.25, 0.3) is 15.7 Å². The fraction of sp³-hybridized carbons (Fsp3) is 0.231. The number of fused-ring (bicyclic) bond motifs is 3. The first-order valence-corrected chi connectivity index (χ1v) is 12.7. The van der Waals surface area contributed by atoms with Crippen molar-refractivity contribution in [3.8, 4) is 0 Å². The van der Waals surface area contributed by atoms with Gasteiger partial charge in [-0.2, -0.15) is 0 Å². The smallest absolute Gasteiger partial charge is 0.269 e. The Balaban J connectivity index is 1.51. The van der Waals surface area contributed by atoms with Crippen LogP contribution in [0.5, 0.6) is 0 Å². The fourth-order valence-electron chi connectivity index (χ4n) is 5.08. The van der Waals surface area contributed by atoms with Crippen LogP contribution in [0.25, 0.3) is 0 Å². The van der Waals surface area contributed by atoms with Gasteiger partial charge in [0.2, 0.25) is 0 Å². The maximum Gasteiger partial charge on any atom is 0.269 e. The first kappa shape index (κ1) is 22.2. The van der Waals surface area contributed by atoms with Gasteiger partial charge in [-0.15, -0.1) is 0 Å². The molecule has 1 aliphatic carbocycles. The Morgan fingerprint density at radius 2 is 1.79 bits per heavy atom. The molecule has 0 aromatic heterocycles. The minimum absolute atomic E-state index is 0.0211. The van der Waals surface area contributed by atoms with Crippen molar-refractivity contribution in [3.05, 3.63) is 106 Å². The summed E-state index contributed by atoms with van der Waals surface area (Å²) in [6.45, 7) is 2.16. The van der Waals surface area contributed by atoms with Crippen LogP contribution in [0.1, 0.15) is 36.4 Å². The van der Waals surface area contributed by atoms with Gasteiger partial charge in [-0.3, -0.25) is 14.4 Å². The van der Waals surface area contributed by atoms with E-state index in [-0.39, 0.29) is 28.5 Å². The number of benzene rings is 3. The molecule has 7 nitrogen and oxygen atoms in total. The lowest BCUT2D eigenvalue weighted by Gasteiger charge is -2.38. The maximum absolute atomic E-state index is 13.5. The molecule has 0 radical (unpaired) electrons. The zero-order chi connectivity index (χ0) is 23.9. The highest BCUT2D eigenvalue weighted by Gasteiger charge is 2.39. The molecule has 3 aromatic carbocycles. The zero-order valence-corrected chi connectivity index (χ0v) is 19.5. The molecule has 1 N–H and O–H groups in total. The number of para-hydroxylation sites is 1. The maximum atomic E-state index is 13.5. The van der Waals surface area contributed by atoms with Gasteiger partial charge in [0.1, 0.15) is 0 Å². The summed E-state index contributed by atoms with van der Waals surface area (Å²) in [4.78, 5) is 10.9. The van der Waals surface area contributed by atoms with Gasteiger partial charge in [0, 0.05) is 30.3 Å². The zero-order valence-electron chi connectivity index (χ0n) is 18.7. The molecule has 174 valence electrons. The van der Waals surface area contributed by atoms with Crippen molar-refractivity contribution in [2.24, 2.45) is 5.92 Å². The Labute approximate surface area is 198 Å². The summed E-state index contributed by atoms with van der Waals surface area (Å²) in [6.07, 6.45) is 5.13. The quantitative estimate of drug-likeness (QED) is 0.283. The number of nitro groups is 1. The van der Waals surface area contributed by atoms with E-state index < -0.39 is 14.9 Å². The van der Waals surface area contributed by atoms with Crippen LogP contribution in [0.4, 0.5) is 17.1 Å². The highest BCUT2D eigenvalue weighted by atomic mass is 32.2. The Morgan fingerprint density at radius 3 is 2.47 bits per heavy atom. The summed E-state index contributed by atoms with van der Waals surface area (Å²) in [6, 6.07) is 21.0. The number of nitrogens with one attached hydrogen (secondary N) is 1. The van der Waals surface area contributed by atoms with E-state index in [1.807, 2.05) is 31.2 Å². The van der Waals surface area contributed by atoms with Crippen LogP contribution in [0.2, 0.25) is 0 Å². The lowest BCUT2D eigenvalue weighted by atomic mass is 9.77. The van der Waals surface area contributed by atoms with Crippen molar-refractivity contribution in [1.82, 2.24) is 0 Å². The second-order valence-electron chi connectivity index (χ2n) is 8.58. The predicted octanol–water partition coefficient (Wildman–Crippen LogP) is 5.64. The van der Waals surface area contributed by atoms with Crippen LogP contribution in [0.15, 0.2) is 89.8 Å². The Hall–Kier alpha value is -3.65. The van der Waals surface area contributed by atoms with E-state index >= 15 is 0 Å². The van der Waals surface area contributed by atoms with Gasteiger partial charge in [-0.1, -0.05) is 42.5 Å². The number of nitrogens with zero attached hydrogens (tertiary/aromatic N) is 2. The lowest BCUT2D eigenvalue weighted by Crippen LogP contribution is -2.32. The molecule has 3 atom stereocenters. The molecule has 0 saturated heterocycles. The predicted molar refractivity (Wildman–Crippen MR) is 133 cm³/mol. The van der Waals surface area contributed by atoms with Crippen molar-refractivity contribution in [2.75, 3.05) is 16.2 Å². The number of non-ortho nitro benzene ring substituents is 1. The summed E-state index contributed by atoms with van der Waals surface area (Å²) >= 11 is 0. The third-order valence-corrected chi connectivity index (χ3v) is 8.62. The fourth-order valence-corrected chi connectivity index (χ4v) is 6.59. The summed E-state index contributed by atoms with van der Waals surface area (Å²) in [5.74, 6) is 0.265.